The molecule has 0 amide bonds. The van der Waals surface area contributed by atoms with Gasteiger partial charge in [-0.15, -0.1) is 0 Å². The number of nitrogens with one attached hydrogen (secondary N) is 1. The Labute approximate surface area is 227 Å². The zero-order valence-corrected chi connectivity index (χ0v) is 21.4. The lowest BCUT2D eigenvalue weighted by molar-refractivity contribution is -0.145. The maximum Gasteiger partial charge on any atom is 0.419 e. The molecule has 1 atom stereocenters. The largest absolute Gasteiger partial charge is 0.481 e. The van der Waals surface area contributed by atoms with Crippen molar-refractivity contribution in [3.8, 4) is 34.0 Å². The maximum atomic E-state index is 14.7. The number of benzene rings is 3. The van der Waals surface area contributed by atoms with Crippen LogP contribution >= 0.6 is 0 Å². The van der Waals surface area contributed by atoms with Crippen molar-refractivity contribution >= 4 is 5.97 Å². The summed E-state index contributed by atoms with van der Waals surface area (Å²) in [4.78, 5) is 15.6. The monoisotopic (exact) mass is 551 g/mol. The van der Waals surface area contributed by atoms with E-state index in [0.29, 0.717) is 35.4 Å². The molecule has 1 heterocycles. The van der Waals surface area contributed by atoms with E-state index < -0.39 is 23.5 Å². The quantitative estimate of drug-likeness (QED) is 0.252. The Morgan fingerprint density at radius 2 is 1.82 bits per heavy atom. The van der Waals surface area contributed by atoms with Crippen LogP contribution in [0.2, 0.25) is 0 Å². The lowest BCUT2D eigenvalue weighted by Gasteiger charge is -2.35. The highest BCUT2D eigenvalue weighted by Crippen LogP contribution is 2.39. The van der Waals surface area contributed by atoms with Crippen LogP contribution in [0.15, 0.2) is 59.1 Å². The van der Waals surface area contributed by atoms with E-state index in [0.717, 1.165) is 24.5 Å². The van der Waals surface area contributed by atoms with E-state index in [-0.39, 0.29) is 29.5 Å². The highest BCUT2D eigenvalue weighted by molar-refractivity contribution is 5.73. The van der Waals surface area contributed by atoms with Gasteiger partial charge in [0.25, 0.3) is 5.89 Å². The average Bonchev–Trinajstić information content (AvgIpc) is 3.53. The van der Waals surface area contributed by atoms with E-state index in [1.54, 1.807) is 25.1 Å². The second-order valence-corrected chi connectivity index (χ2v) is 10.5. The summed E-state index contributed by atoms with van der Waals surface area (Å²) in [7, 11) is 0. The number of rotatable bonds is 6. The van der Waals surface area contributed by atoms with Crippen LogP contribution in [0.3, 0.4) is 0 Å². The molecule has 0 bridgehead atoms. The standard InChI is InChI=1S/C30H25F4N3O3/c1-15-11-18(6-8-21(15)23-3-2-4-24(26(23)31)30(32,33)34)28-36-27(37-40-28)17-5-9-22-16(12-17)7-10-25(22)35-20-13-19(14-20)29(38)39/h2-6,8-9,11-12,19-20,25,35H,7,10,13-14H2,1H3,(H,38,39). The molecule has 2 aliphatic carbocycles. The van der Waals surface area contributed by atoms with Crippen molar-refractivity contribution in [2.45, 2.75) is 50.9 Å². The van der Waals surface area contributed by atoms with Crippen LogP contribution < -0.4 is 5.32 Å². The molecule has 0 aliphatic heterocycles. The molecule has 10 heteroatoms. The zero-order valence-electron chi connectivity index (χ0n) is 21.4. The van der Waals surface area contributed by atoms with Gasteiger partial charge in [-0.3, -0.25) is 4.79 Å². The predicted molar refractivity (Wildman–Crippen MR) is 139 cm³/mol. The Morgan fingerprint density at radius 1 is 1.05 bits per heavy atom. The summed E-state index contributed by atoms with van der Waals surface area (Å²) in [6.07, 6.45) is -1.66. The summed E-state index contributed by atoms with van der Waals surface area (Å²) in [6, 6.07) is 14.5. The van der Waals surface area contributed by atoms with E-state index >= 15 is 0 Å². The molecule has 40 heavy (non-hydrogen) atoms. The van der Waals surface area contributed by atoms with Gasteiger partial charge in [0.05, 0.1) is 11.5 Å². The van der Waals surface area contributed by atoms with Crippen LogP contribution in [0.1, 0.15) is 47.6 Å². The molecule has 0 radical (unpaired) electrons. The van der Waals surface area contributed by atoms with Crippen molar-refractivity contribution in [1.82, 2.24) is 15.5 Å². The van der Waals surface area contributed by atoms with Gasteiger partial charge < -0.3 is 14.9 Å². The van der Waals surface area contributed by atoms with Crippen molar-refractivity contribution < 1.29 is 32.0 Å². The van der Waals surface area contributed by atoms with Crippen LogP contribution in [0.25, 0.3) is 34.0 Å². The molecule has 1 unspecified atom stereocenters. The van der Waals surface area contributed by atoms with Gasteiger partial charge in [0.15, 0.2) is 0 Å². The van der Waals surface area contributed by atoms with Gasteiger partial charge in [0.1, 0.15) is 5.82 Å². The van der Waals surface area contributed by atoms with Gasteiger partial charge in [0, 0.05) is 28.8 Å². The Hall–Kier alpha value is -4.05. The molecule has 2 aliphatic rings. The molecular weight excluding hydrogens is 526 g/mol. The van der Waals surface area contributed by atoms with Gasteiger partial charge in [-0.05, 0) is 79.1 Å². The molecule has 0 spiro atoms. The van der Waals surface area contributed by atoms with E-state index in [1.165, 1.54) is 23.3 Å². The minimum Gasteiger partial charge on any atom is -0.481 e. The molecule has 6 rings (SSSR count). The number of aliphatic carboxylic acids is 1. The fraction of sp³-hybridized carbons (Fsp3) is 0.300. The summed E-state index contributed by atoms with van der Waals surface area (Å²) >= 11 is 0. The second-order valence-electron chi connectivity index (χ2n) is 10.5. The zero-order chi connectivity index (χ0) is 28.2. The Balaban J connectivity index is 1.20. The summed E-state index contributed by atoms with van der Waals surface area (Å²) in [5.41, 5.74) is 3.21. The molecule has 206 valence electrons. The lowest BCUT2D eigenvalue weighted by Crippen LogP contribution is -2.45. The van der Waals surface area contributed by atoms with Crippen molar-refractivity contribution in [1.29, 1.82) is 0 Å². The molecule has 4 aromatic rings. The number of aryl methyl sites for hydroxylation is 2. The summed E-state index contributed by atoms with van der Waals surface area (Å²) in [5, 5.41) is 16.8. The first-order chi connectivity index (χ1) is 19.1. The van der Waals surface area contributed by atoms with Crippen molar-refractivity contribution in [2.24, 2.45) is 5.92 Å². The fourth-order valence-corrected chi connectivity index (χ4v) is 5.69. The molecule has 1 aromatic heterocycles. The third kappa shape index (κ3) is 4.77. The van der Waals surface area contributed by atoms with Gasteiger partial charge in [-0.25, -0.2) is 4.39 Å². The van der Waals surface area contributed by atoms with Crippen molar-refractivity contribution in [2.75, 3.05) is 0 Å². The highest BCUT2D eigenvalue weighted by Gasteiger charge is 2.37. The number of halogens is 4. The van der Waals surface area contributed by atoms with Crippen LogP contribution in [-0.2, 0) is 17.4 Å². The smallest absolute Gasteiger partial charge is 0.419 e. The molecule has 1 saturated carbocycles. The summed E-state index contributed by atoms with van der Waals surface area (Å²) in [5.74, 6) is -1.65. The number of alkyl halides is 3. The van der Waals surface area contributed by atoms with E-state index in [1.807, 2.05) is 18.2 Å². The van der Waals surface area contributed by atoms with E-state index in [2.05, 4.69) is 15.5 Å². The van der Waals surface area contributed by atoms with Crippen molar-refractivity contribution in [3.05, 3.63) is 82.7 Å². The van der Waals surface area contributed by atoms with Gasteiger partial charge in [0.2, 0.25) is 5.82 Å². The number of carbonyl (C=O) groups is 1. The third-order valence-corrected chi connectivity index (χ3v) is 7.90. The minimum absolute atomic E-state index is 0.130. The summed E-state index contributed by atoms with van der Waals surface area (Å²) < 4.78 is 59.7. The molecule has 1 fully saturated rings. The van der Waals surface area contributed by atoms with Crippen LogP contribution in [0.5, 0.6) is 0 Å². The first-order valence-electron chi connectivity index (χ1n) is 13.0. The Bertz CT molecular complexity index is 1610. The first-order valence-corrected chi connectivity index (χ1v) is 13.0. The fourth-order valence-electron chi connectivity index (χ4n) is 5.69. The molecule has 6 nitrogen and oxygen atoms in total. The van der Waals surface area contributed by atoms with Crippen LogP contribution in [0, 0.1) is 18.7 Å². The molecule has 2 N–H and O–H groups in total. The molecular formula is C30H25F4N3O3. The molecule has 3 aromatic carbocycles. The van der Waals surface area contributed by atoms with Crippen LogP contribution in [0.4, 0.5) is 17.6 Å². The highest BCUT2D eigenvalue weighted by atomic mass is 19.4. The normalized spacial score (nSPS) is 20.3. The van der Waals surface area contributed by atoms with Gasteiger partial charge >= 0.3 is 12.1 Å². The number of hydrogen-bond acceptors (Lipinski definition) is 5. The minimum atomic E-state index is -4.79. The summed E-state index contributed by atoms with van der Waals surface area (Å²) in [6.45, 7) is 1.69. The first kappa shape index (κ1) is 26.2. The van der Waals surface area contributed by atoms with E-state index in [4.69, 9.17) is 9.63 Å². The predicted octanol–water partition coefficient (Wildman–Crippen LogP) is 6.98. The second kappa shape index (κ2) is 9.85. The number of nitrogens with zero attached hydrogens (tertiary/aromatic N) is 2. The number of carboxylic acid groups (broad SMARTS) is 1. The third-order valence-electron chi connectivity index (χ3n) is 7.90. The number of carboxylic acids is 1. The number of aromatic nitrogens is 2. The van der Waals surface area contributed by atoms with Gasteiger partial charge in [-0.2, -0.15) is 18.2 Å². The SMILES string of the molecule is Cc1cc(-c2nc(-c3ccc4c(c3)CCC4NC3CC(C(=O)O)C3)no2)ccc1-c1cccc(C(F)(F)F)c1F. The van der Waals surface area contributed by atoms with E-state index in [9.17, 15) is 22.4 Å². The topological polar surface area (TPSA) is 88.2 Å². The average molecular weight is 552 g/mol. The Kier molecular flexibility index (Phi) is 6.45. The molecule has 0 saturated heterocycles. The maximum absolute atomic E-state index is 14.7. The number of hydrogen-bond donors (Lipinski definition) is 2. The number of fused-ring (bicyclic) bond motifs is 1. The van der Waals surface area contributed by atoms with Gasteiger partial charge in [-0.1, -0.05) is 35.5 Å². The van der Waals surface area contributed by atoms with Crippen molar-refractivity contribution in [3.63, 3.8) is 0 Å². The van der Waals surface area contributed by atoms with Crippen LogP contribution in [-0.4, -0.2) is 27.3 Å². The lowest BCUT2D eigenvalue weighted by atomic mass is 9.80. The Morgan fingerprint density at radius 3 is 2.55 bits per heavy atom.